The maximum atomic E-state index is 12.1. The van der Waals surface area contributed by atoms with Gasteiger partial charge in [0.1, 0.15) is 5.76 Å². The van der Waals surface area contributed by atoms with E-state index in [1.54, 1.807) is 30.5 Å². The Morgan fingerprint density at radius 1 is 1.23 bits per heavy atom. The van der Waals surface area contributed by atoms with Gasteiger partial charge in [0.15, 0.2) is 5.78 Å². The molecular formula is C20H25N3O3. The standard InChI is InChI=1S/C20H25N3O3/c1-15(24)17-6-8-18(9-7-17)22-20(25)21-12-16-4-2-10-23(13-16)14-19-5-3-11-26-19/h3,5-9,11,16H,2,4,10,12-14H2,1H3,(H2,21,22,25). The molecule has 1 fully saturated rings. The number of rotatable bonds is 6. The van der Waals surface area contributed by atoms with Gasteiger partial charge < -0.3 is 15.1 Å². The highest BCUT2D eigenvalue weighted by molar-refractivity contribution is 5.95. The number of likely N-dealkylation sites (tertiary alicyclic amines) is 1. The highest BCUT2D eigenvalue weighted by Crippen LogP contribution is 2.18. The number of furan rings is 1. The number of nitrogens with one attached hydrogen (secondary N) is 2. The number of anilines is 1. The lowest BCUT2D eigenvalue weighted by molar-refractivity contribution is 0.101. The molecule has 0 saturated carbocycles. The van der Waals surface area contributed by atoms with Crippen molar-refractivity contribution >= 4 is 17.5 Å². The topological polar surface area (TPSA) is 74.6 Å². The van der Waals surface area contributed by atoms with Crippen LogP contribution in [-0.4, -0.2) is 36.3 Å². The number of carbonyl (C=O) groups excluding carboxylic acids is 2. The SMILES string of the molecule is CC(=O)c1ccc(NC(=O)NCC2CCCN(Cc3ccco3)C2)cc1. The Morgan fingerprint density at radius 3 is 2.73 bits per heavy atom. The molecule has 6 nitrogen and oxygen atoms in total. The monoisotopic (exact) mass is 355 g/mol. The molecule has 1 saturated heterocycles. The molecule has 1 aromatic carbocycles. The van der Waals surface area contributed by atoms with Gasteiger partial charge in [-0.2, -0.15) is 0 Å². The van der Waals surface area contributed by atoms with Crippen LogP contribution in [0.1, 0.15) is 35.9 Å². The number of hydrogen-bond acceptors (Lipinski definition) is 4. The Balaban J connectivity index is 1.42. The third kappa shape index (κ3) is 5.20. The van der Waals surface area contributed by atoms with Crippen LogP contribution in [-0.2, 0) is 6.54 Å². The second-order valence-electron chi connectivity index (χ2n) is 6.79. The fraction of sp³-hybridized carbons (Fsp3) is 0.400. The van der Waals surface area contributed by atoms with Gasteiger partial charge in [-0.25, -0.2) is 4.79 Å². The first-order valence-corrected chi connectivity index (χ1v) is 9.01. The second kappa shape index (κ2) is 8.67. The lowest BCUT2D eigenvalue weighted by atomic mass is 9.98. The maximum absolute atomic E-state index is 12.1. The summed E-state index contributed by atoms with van der Waals surface area (Å²) >= 11 is 0. The molecule has 0 bridgehead atoms. The summed E-state index contributed by atoms with van der Waals surface area (Å²) in [7, 11) is 0. The van der Waals surface area contributed by atoms with Gasteiger partial charge in [0, 0.05) is 24.3 Å². The van der Waals surface area contributed by atoms with Crippen molar-refractivity contribution in [3.63, 3.8) is 0 Å². The highest BCUT2D eigenvalue weighted by atomic mass is 16.3. The van der Waals surface area contributed by atoms with Crippen molar-refractivity contribution in [2.45, 2.75) is 26.3 Å². The van der Waals surface area contributed by atoms with Crippen molar-refractivity contribution in [1.29, 1.82) is 0 Å². The second-order valence-corrected chi connectivity index (χ2v) is 6.79. The largest absolute Gasteiger partial charge is 0.468 e. The Labute approximate surface area is 153 Å². The molecule has 1 aliphatic heterocycles. The fourth-order valence-electron chi connectivity index (χ4n) is 3.29. The summed E-state index contributed by atoms with van der Waals surface area (Å²) in [5.74, 6) is 1.42. The minimum Gasteiger partial charge on any atom is -0.468 e. The van der Waals surface area contributed by atoms with E-state index in [9.17, 15) is 9.59 Å². The molecule has 26 heavy (non-hydrogen) atoms. The average molecular weight is 355 g/mol. The van der Waals surface area contributed by atoms with E-state index in [-0.39, 0.29) is 11.8 Å². The Morgan fingerprint density at radius 2 is 2.04 bits per heavy atom. The summed E-state index contributed by atoms with van der Waals surface area (Å²) in [6.45, 7) is 5.00. The third-order valence-corrected chi connectivity index (χ3v) is 4.66. The van der Waals surface area contributed by atoms with E-state index in [0.717, 1.165) is 38.2 Å². The normalized spacial score (nSPS) is 17.7. The number of urea groups is 1. The molecule has 2 N–H and O–H groups in total. The quantitative estimate of drug-likeness (QED) is 0.778. The molecule has 2 heterocycles. The molecule has 2 aromatic rings. The third-order valence-electron chi connectivity index (χ3n) is 4.66. The number of Topliss-reactive ketones (excluding diaryl/α,β-unsaturated/α-hetero) is 1. The van der Waals surface area contributed by atoms with E-state index in [4.69, 9.17) is 4.42 Å². The molecule has 138 valence electrons. The van der Waals surface area contributed by atoms with Crippen molar-refractivity contribution in [2.24, 2.45) is 5.92 Å². The van der Waals surface area contributed by atoms with Crippen LogP contribution in [0.5, 0.6) is 0 Å². The van der Waals surface area contributed by atoms with Gasteiger partial charge in [0.05, 0.1) is 12.8 Å². The number of piperidine rings is 1. The molecular weight excluding hydrogens is 330 g/mol. The van der Waals surface area contributed by atoms with E-state index < -0.39 is 0 Å². The Hall–Kier alpha value is -2.60. The van der Waals surface area contributed by atoms with Crippen molar-refractivity contribution in [3.05, 3.63) is 54.0 Å². The Bertz CT molecular complexity index is 725. The number of carbonyl (C=O) groups is 2. The first-order chi connectivity index (χ1) is 12.6. The molecule has 3 rings (SSSR count). The molecule has 1 unspecified atom stereocenters. The van der Waals surface area contributed by atoms with E-state index in [1.165, 1.54) is 6.92 Å². The molecule has 2 amide bonds. The van der Waals surface area contributed by atoms with Crippen LogP contribution in [0.3, 0.4) is 0 Å². The number of amides is 2. The van der Waals surface area contributed by atoms with E-state index >= 15 is 0 Å². The van der Waals surface area contributed by atoms with Crippen LogP contribution in [0.2, 0.25) is 0 Å². The first kappa shape index (κ1) is 18.2. The van der Waals surface area contributed by atoms with Gasteiger partial charge in [0.2, 0.25) is 0 Å². The number of hydrogen-bond donors (Lipinski definition) is 2. The maximum Gasteiger partial charge on any atom is 0.319 e. The molecule has 1 aromatic heterocycles. The zero-order chi connectivity index (χ0) is 18.4. The predicted molar refractivity (Wildman–Crippen MR) is 100 cm³/mol. The molecule has 1 atom stereocenters. The van der Waals surface area contributed by atoms with E-state index in [0.29, 0.717) is 23.7 Å². The molecule has 1 aliphatic rings. The van der Waals surface area contributed by atoms with Crippen LogP contribution in [0.25, 0.3) is 0 Å². The van der Waals surface area contributed by atoms with Crippen LogP contribution in [0.4, 0.5) is 10.5 Å². The van der Waals surface area contributed by atoms with Crippen molar-refractivity contribution in [2.75, 3.05) is 25.0 Å². The molecule has 0 aliphatic carbocycles. The van der Waals surface area contributed by atoms with E-state index in [1.807, 2.05) is 12.1 Å². The van der Waals surface area contributed by atoms with Gasteiger partial charge in [-0.1, -0.05) is 0 Å². The average Bonchev–Trinajstić information content (AvgIpc) is 3.14. The van der Waals surface area contributed by atoms with Crippen LogP contribution < -0.4 is 10.6 Å². The molecule has 6 heteroatoms. The summed E-state index contributed by atoms with van der Waals surface area (Å²) < 4.78 is 5.42. The summed E-state index contributed by atoms with van der Waals surface area (Å²) in [4.78, 5) is 25.7. The lowest BCUT2D eigenvalue weighted by Crippen LogP contribution is -2.41. The zero-order valence-corrected chi connectivity index (χ0v) is 15.0. The van der Waals surface area contributed by atoms with E-state index in [2.05, 4.69) is 15.5 Å². The van der Waals surface area contributed by atoms with Crippen molar-refractivity contribution < 1.29 is 14.0 Å². The lowest BCUT2D eigenvalue weighted by Gasteiger charge is -2.32. The fourth-order valence-corrected chi connectivity index (χ4v) is 3.29. The van der Waals surface area contributed by atoms with Crippen molar-refractivity contribution in [3.8, 4) is 0 Å². The highest BCUT2D eigenvalue weighted by Gasteiger charge is 2.21. The smallest absolute Gasteiger partial charge is 0.319 e. The minimum absolute atomic E-state index is 0.0115. The van der Waals surface area contributed by atoms with Gasteiger partial charge in [0.25, 0.3) is 0 Å². The molecule has 0 spiro atoms. The predicted octanol–water partition coefficient (Wildman–Crippen LogP) is 3.52. The van der Waals surface area contributed by atoms with Gasteiger partial charge in [-0.15, -0.1) is 0 Å². The summed E-state index contributed by atoms with van der Waals surface area (Å²) in [6.07, 6.45) is 3.94. The van der Waals surface area contributed by atoms with Crippen LogP contribution in [0, 0.1) is 5.92 Å². The zero-order valence-electron chi connectivity index (χ0n) is 15.0. The number of ketones is 1. The van der Waals surface area contributed by atoms with Gasteiger partial charge in [-0.3, -0.25) is 9.69 Å². The first-order valence-electron chi connectivity index (χ1n) is 9.01. The van der Waals surface area contributed by atoms with Crippen LogP contribution >= 0.6 is 0 Å². The van der Waals surface area contributed by atoms with Gasteiger partial charge in [-0.05, 0) is 68.6 Å². The van der Waals surface area contributed by atoms with Crippen molar-refractivity contribution in [1.82, 2.24) is 10.2 Å². The number of benzene rings is 1. The Kier molecular flexibility index (Phi) is 6.07. The minimum atomic E-state index is -0.219. The summed E-state index contributed by atoms with van der Waals surface area (Å²) in [6, 6.07) is 10.6. The summed E-state index contributed by atoms with van der Waals surface area (Å²) in [5, 5.41) is 5.76. The summed E-state index contributed by atoms with van der Waals surface area (Å²) in [5.41, 5.74) is 1.31. The van der Waals surface area contributed by atoms with Gasteiger partial charge >= 0.3 is 6.03 Å². The van der Waals surface area contributed by atoms with Crippen LogP contribution in [0.15, 0.2) is 47.1 Å². The number of nitrogens with zero attached hydrogens (tertiary/aromatic N) is 1. The molecule has 0 radical (unpaired) electrons.